The van der Waals surface area contributed by atoms with Crippen LogP contribution in [0, 0.1) is 11.8 Å². The van der Waals surface area contributed by atoms with Gasteiger partial charge >= 0.3 is 12.1 Å². The molecular formula is C18H23F3N2O2. The van der Waals surface area contributed by atoms with Crippen LogP contribution in [0.5, 0.6) is 0 Å². The molecule has 1 aliphatic rings. The van der Waals surface area contributed by atoms with Crippen molar-refractivity contribution in [2.75, 3.05) is 19.6 Å². The summed E-state index contributed by atoms with van der Waals surface area (Å²) in [5, 5.41) is 2.88. The number of alkyl halides is 3. The van der Waals surface area contributed by atoms with E-state index in [9.17, 15) is 22.8 Å². The molecule has 1 saturated heterocycles. The number of nitrogens with zero attached hydrogens (tertiary/aromatic N) is 1. The summed E-state index contributed by atoms with van der Waals surface area (Å²) in [6.45, 7) is 2.50. The zero-order valence-electron chi connectivity index (χ0n) is 14.2. The van der Waals surface area contributed by atoms with Crippen LogP contribution in [0.15, 0.2) is 30.3 Å². The van der Waals surface area contributed by atoms with Crippen molar-refractivity contribution < 1.29 is 22.8 Å². The van der Waals surface area contributed by atoms with Gasteiger partial charge in [-0.25, -0.2) is 0 Å². The molecule has 2 amide bonds. The minimum Gasteiger partial charge on any atom is -0.356 e. The van der Waals surface area contributed by atoms with Crippen LogP contribution in [0.25, 0.3) is 0 Å². The number of hydrogen-bond acceptors (Lipinski definition) is 2. The fourth-order valence-electron chi connectivity index (χ4n) is 3.03. The molecule has 1 unspecified atom stereocenters. The SMILES string of the molecule is CC(CNC(=O)C1CCN(C(=O)C(F)(F)F)CC1)Cc1ccccc1. The van der Waals surface area contributed by atoms with E-state index in [4.69, 9.17) is 0 Å². The molecule has 0 aromatic heterocycles. The van der Waals surface area contributed by atoms with Crippen LogP contribution in [-0.2, 0) is 16.0 Å². The van der Waals surface area contributed by atoms with Gasteiger partial charge in [0.05, 0.1) is 0 Å². The summed E-state index contributed by atoms with van der Waals surface area (Å²) in [6.07, 6.45) is -3.47. The van der Waals surface area contributed by atoms with Crippen molar-refractivity contribution in [3.8, 4) is 0 Å². The first-order chi connectivity index (χ1) is 11.8. The number of piperidine rings is 1. The molecule has 25 heavy (non-hydrogen) atoms. The Bertz CT molecular complexity index is 582. The van der Waals surface area contributed by atoms with Crippen molar-refractivity contribution in [1.29, 1.82) is 0 Å². The second-order valence-corrected chi connectivity index (χ2v) is 6.60. The number of benzene rings is 1. The van der Waals surface area contributed by atoms with Gasteiger partial charge in [-0.2, -0.15) is 13.2 Å². The molecule has 0 bridgehead atoms. The summed E-state index contributed by atoms with van der Waals surface area (Å²) in [5.74, 6) is -2.03. The summed E-state index contributed by atoms with van der Waals surface area (Å²) in [5.41, 5.74) is 1.20. The van der Waals surface area contributed by atoms with E-state index in [2.05, 4.69) is 5.32 Å². The van der Waals surface area contributed by atoms with Crippen LogP contribution in [0.4, 0.5) is 13.2 Å². The molecule has 1 aliphatic heterocycles. The molecule has 1 aromatic carbocycles. The Morgan fingerprint density at radius 3 is 2.36 bits per heavy atom. The number of carbonyl (C=O) groups is 2. The lowest BCUT2D eigenvalue weighted by Gasteiger charge is -2.31. The number of rotatable bonds is 5. The third-order valence-electron chi connectivity index (χ3n) is 4.45. The molecule has 0 aliphatic carbocycles. The van der Waals surface area contributed by atoms with Gasteiger partial charge in [0.2, 0.25) is 5.91 Å². The first-order valence-electron chi connectivity index (χ1n) is 8.45. The molecule has 7 heteroatoms. The Hall–Kier alpha value is -2.05. The Morgan fingerprint density at radius 1 is 1.20 bits per heavy atom. The Balaban J connectivity index is 1.73. The van der Waals surface area contributed by atoms with Crippen LogP contribution in [0.2, 0.25) is 0 Å². The van der Waals surface area contributed by atoms with Crippen LogP contribution in [0.1, 0.15) is 25.3 Å². The fourth-order valence-corrected chi connectivity index (χ4v) is 3.03. The standard InChI is InChI=1S/C18H23F3N2O2/c1-13(11-14-5-3-2-4-6-14)12-22-16(24)15-7-9-23(10-8-15)17(25)18(19,20)21/h2-6,13,15H,7-12H2,1H3,(H,22,24). The van der Waals surface area contributed by atoms with E-state index in [1.807, 2.05) is 37.3 Å². The van der Waals surface area contributed by atoms with Gasteiger partial charge in [0, 0.05) is 25.6 Å². The van der Waals surface area contributed by atoms with Crippen LogP contribution in [-0.4, -0.2) is 42.5 Å². The van der Waals surface area contributed by atoms with E-state index in [1.165, 1.54) is 5.56 Å². The van der Waals surface area contributed by atoms with E-state index in [0.717, 1.165) is 11.3 Å². The number of likely N-dealkylation sites (tertiary alicyclic amines) is 1. The first-order valence-corrected chi connectivity index (χ1v) is 8.45. The molecule has 0 spiro atoms. The minimum absolute atomic E-state index is 0.0317. The van der Waals surface area contributed by atoms with Gasteiger partial charge in [-0.15, -0.1) is 0 Å². The number of nitrogens with one attached hydrogen (secondary N) is 1. The summed E-state index contributed by atoms with van der Waals surface area (Å²) in [6, 6.07) is 9.95. The molecular weight excluding hydrogens is 333 g/mol. The largest absolute Gasteiger partial charge is 0.471 e. The molecule has 138 valence electrons. The van der Waals surface area contributed by atoms with Crippen molar-refractivity contribution in [2.24, 2.45) is 11.8 Å². The Kier molecular flexibility index (Phi) is 6.45. The predicted octanol–water partition coefficient (Wildman–Crippen LogP) is 2.78. The van der Waals surface area contributed by atoms with Gasteiger partial charge in [0.25, 0.3) is 0 Å². The van der Waals surface area contributed by atoms with Gasteiger partial charge in [-0.1, -0.05) is 37.3 Å². The van der Waals surface area contributed by atoms with Crippen molar-refractivity contribution in [3.05, 3.63) is 35.9 Å². The zero-order valence-corrected chi connectivity index (χ0v) is 14.2. The smallest absolute Gasteiger partial charge is 0.356 e. The van der Waals surface area contributed by atoms with Crippen molar-refractivity contribution in [3.63, 3.8) is 0 Å². The predicted molar refractivity (Wildman–Crippen MR) is 87.7 cm³/mol. The third-order valence-corrected chi connectivity index (χ3v) is 4.45. The van der Waals surface area contributed by atoms with Gasteiger partial charge in [-0.05, 0) is 30.7 Å². The highest BCUT2D eigenvalue weighted by atomic mass is 19.4. The molecule has 0 saturated carbocycles. The lowest BCUT2D eigenvalue weighted by molar-refractivity contribution is -0.186. The highest BCUT2D eigenvalue weighted by Gasteiger charge is 2.43. The van der Waals surface area contributed by atoms with E-state index in [-0.39, 0.29) is 43.7 Å². The van der Waals surface area contributed by atoms with Crippen molar-refractivity contribution in [1.82, 2.24) is 10.2 Å². The van der Waals surface area contributed by atoms with Crippen molar-refractivity contribution in [2.45, 2.75) is 32.4 Å². The van der Waals surface area contributed by atoms with Crippen LogP contribution < -0.4 is 5.32 Å². The molecule has 2 rings (SSSR count). The maximum Gasteiger partial charge on any atom is 0.471 e. The molecule has 1 fully saturated rings. The van der Waals surface area contributed by atoms with Crippen LogP contribution in [0.3, 0.4) is 0 Å². The maximum atomic E-state index is 12.4. The Labute approximate surface area is 145 Å². The van der Waals surface area contributed by atoms with Gasteiger partial charge in [-0.3, -0.25) is 9.59 Å². The van der Waals surface area contributed by atoms with E-state index in [1.54, 1.807) is 0 Å². The van der Waals surface area contributed by atoms with Gasteiger partial charge in [0.1, 0.15) is 0 Å². The lowest BCUT2D eigenvalue weighted by Crippen LogP contribution is -2.47. The van der Waals surface area contributed by atoms with Crippen LogP contribution >= 0.6 is 0 Å². The highest BCUT2D eigenvalue weighted by Crippen LogP contribution is 2.24. The normalized spacial score (nSPS) is 17.2. The molecule has 1 atom stereocenters. The average molecular weight is 356 g/mol. The topological polar surface area (TPSA) is 49.4 Å². The Morgan fingerprint density at radius 2 is 1.80 bits per heavy atom. The highest BCUT2D eigenvalue weighted by molar-refractivity contribution is 5.83. The number of carbonyl (C=O) groups excluding carboxylic acids is 2. The van der Waals surface area contributed by atoms with Gasteiger partial charge in [0.15, 0.2) is 0 Å². The third kappa shape index (κ3) is 5.76. The number of halogens is 3. The quantitative estimate of drug-likeness (QED) is 0.882. The first kappa shape index (κ1) is 19.3. The zero-order chi connectivity index (χ0) is 18.4. The monoisotopic (exact) mass is 356 g/mol. The fraction of sp³-hybridized carbons (Fsp3) is 0.556. The minimum atomic E-state index is -4.85. The lowest BCUT2D eigenvalue weighted by atomic mass is 9.95. The summed E-state index contributed by atoms with van der Waals surface area (Å²) in [4.78, 5) is 24.2. The molecule has 1 heterocycles. The van der Waals surface area contributed by atoms with E-state index in [0.29, 0.717) is 6.54 Å². The van der Waals surface area contributed by atoms with Crippen molar-refractivity contribution >= 4 is 11.8 Å². The molecule has 1 aromatic rings. The summed E-state index contributed by atoms with van der Waals surface area (Å²) < 4.78 is 37.2. The van der Waals surface area contributed by atoms with E-state index < -0.39 is 12.1 Å². The number of amides is 2. The maximum absolute atomic E-state index is 12.4. The second kappa shape index (κ2) is 8.36. The average Bonchev–Trinajstić information content (AvgIpc) is 2.59. The summed E-state index contributed by atoms with van der Waals surface area (Å²) in [7, 11) is 0. The molecule has 0 radical (unpaired) electrons. The van der Waals surface area contributed by atoms with E-state index >= 15 is 0 Å². The van der Waals surface area contributed by atoms with Gasteiger partial charge < -0.3 is 10.2 Å². The second-order valence-electron chi connectivity index (χ2n) is 6.60. The summed E-state index contributed by atoms with van der Waals surface area (Å²) >= 11 is 0. The molecule has 1 N–H and O–H groups in total. The molecule has 4 nitrogen and oxygen atoms in total. The number of hydrogen-bond donors (Lipinski definition) is 1.